The summed E-state index contributed by atoms with van der Waals surface area (Å²) < 4.78 is 5.30. The average Bonchev–Trinajstić information content (AvgIpc) is 3.11. The molecule has 122 valence electrons. The first-order valence-electron chi connectivity index (χ1n) is 8.08. The lowest BCUT2D eigenvalue weighted by Gasteiger charge is -2.17. The fourth-order valence-corrected chi connectivity index (χ4v) is 3.50. The molecule has 0 saturated heterocycles. The van der Waals surface area contributed by atoms with Gasteiger partial charge in [-0.15, -0.1) is 11.3 Å². The first kappa shape index (κ1) is 15.1. The molecule has 24 heavy (non-hydrogen) atoms. The molecule has 1 aromatic carbocycles. The Bertz CT molecular complexity index is 833. The average molecular weight is 338 g/mol. The molecule has 1 fully saturated rings. The van der Waals surface area contributed by atoms with Crippen molar-refractivity contribution in [1.82, 2.24) is 10.5 Å². The van der Waals surface area contributed by atoms with E-state index in [0.717, 1.165) is 29.0 Å². The summed E-state index contributed by atoms with van der Waals surface area (Å²) in [5.41, 5.74) is 2.61. The maximum Gasteiger partial charge on any atom is 0.274 e. The van der Waals surface area contributed by atoms with Gasteiger partial charge < -0.3 is 9.84 Å². The number of aryl methyl sites for hydroxylation is 1. The predicted octanol–water partition coefficient (Wildman–Crippen LogP) is 4.44. The zero-order valence-electron chi connectivity index (χ0n) is 13.4. The summed E-state index contributed by atoms with van der Waals surface area (Å²) in [6.07, 6.45) is 2.24. The van der Waals surface area contributed by atoms with Crippen molar-refractivity contribution in [3.63, 3.8) is 0 Å². The molecule has 0 spiro atoms. The Morgan fingerprint density at radius 1 is 1.29 bits per heavy atom. The third kappa shape index (κ3) is 3.12. The molecule has 2 aromatic heterocycles. The number of benzene rings is 1. The molecular formula is C19H18N2O2S. The second kappa shape index (κ2) is 6.24. The highest BCUT2D eigenvalue weighted by Crippen LogP contribution is 2.40. The summed E-state index contributed by atoms with van der Waals surface area (Å²) in [4.78, 5) is 13.7. The molecular weight excluding hydrogens is 320 g/mol. The summed E-state index contributed by atoms with van der Waals surface area (Å²) in [7, 11) is 0. The fourth-order valence-electron chi connectivity index (χ4n) is 2.69. The van der Waals surface area contributed by atoms with Gasteiger partial charge in [-0.1, -0.05) is 41.1 Å². The number of hydrogen-bond donors (Lipinski definition) is 1. The standard InChI is InChI=1S/C19H18N2O2S/c1-12-4-6-14(7-5-12)18(17-3-2-10-24-17)20-19(22)15-11-16(23-21-15)13-8-9-13/h2-7,10-11,13,18H,8-9H2,1H3,(H,20,22). The highest BCUT2D eigenvalue weighted by atomic mass is 32.1. The maximum absolute atomic E-state index is 12.6. The summed E-state index contributed by atoms with van der Waals surface area (Å²) in [5, 5.41) is 9.05. The lowest BCUT2D eigenvalue weighted by molar-refractivity contribution is 0.0934. The van der Waals surface area contributed by atoms with E-state index in [0.29, 0.717) is 11.6 Å². The quantitative estimate of drug-likeness (QED) is 0.748. The van der Waals surface area contributed by atoms with Crippen LogP contribution in [0.1, 0.15) is 57.1 Å². The summed E-state index contributed by atoms with van der Waals surface area (Å²) in [5.74, 6) is 1.07. The van der Waals surface area contributed by atoms with Gasteiger partial charge in [0, 0.05) is 16.9 Å². The Labute approximate surface area is 144 Å². The summed E-state index contributed by atoms with van der Waals surface area (Å²) >= 11 is 1.63. The van der Waals surface area contributed by atoms with Gasteiger partial charge in [-0.25, -0.2) is 0 Å². The Morgan fingerprint density at radius 2 is 2.08 bits per heavy atom. The molecule has 0 radical (unpaired) electrons. The molecule has 1 amide bonds. The van der Waals surface area contributed by atoms with Crippen molar-refractivity contribution in [3.8, 4) is 0 Å². The smallest absolute Gasteiger partial charge is 0.274 e. The summed E-state index contributed by atoms with van der Waals surface area (Å²) in [6.45, 7) is 2.05. The number of carbonyl (C=O) groups is 1. The van der Waals surface area contributed by atoms with Crippen LogP contribution in [0.15, 0.2) is 52.4 Å². The highest BCUT2D eigenvalue weighted by molar-refractivity contribution is 7.10. The predicted molar refractivity (Wildman–Crippen MR) is 93.3 cm³/mol. The SMILES string of the molecule is Cc1ccc(C(NC(=O)c2cc(C3CC3)on2)c2cccs2)cc1. The van der Waals surface area contributed by atoms with Crippen molar-refractivity contribution in [1.29, 1.82) is 0 Å². The van der Waals surface area contributed by atoms with E-state index in [1.165, 1.54) is 5.56 Å². The normalized spacial score (nSPS) is 15.2. The van der Waals surface area contributed by atoms with Crippen LogP contribution in [0.5, 0.6) is 0 Å². The van der Waals surface area contributed by atoms with Crippen molar-refractivity contribution >= 4 is 17.2 Å². The van der Waals surface area contributed by atoms with Crippen LogP contribution in [0.2, 0.25) is 0 Å². The van der Waals surface area contributed by atoms with Gasteiger partial charge in [-0.3, -0.25) is 4.79 Å². The van der Waals surface area contributed by atoms with Gasteiger partial charge >= 0.3 is 0 Å². The molecule has 1 atom stereocenters. The van der Waals surface area contributed by atoms with E-state index >= 15 is 0 Å². The monoisotopic (exact) mass is 338 g/mol. The van der Waals surface area contributed by atoms with Gasteiger partial charge in [0.25, 0.3) is 5.91 Å². The molecule has 4 rings (SSSR count). The van der Waals surface area contributed by atoms with Crippen molar-refractivity contribution in [2.24, 2.45) is 0 Å². The zero-order chi connectivity index (χ0) is 16.5. The van der Waals surface area contributed by atoms with Crippen LogP contribution in [-0.2, 0) is 0 Å². The van der Waals surface area contributed by atoms with Gasteiger partial charge in [0.1, 0.15) is 5.76 Å². The first-order valence-corrected chi connectivity index (χ1v) is 8.96. The first-order chi connectivity index (χ1) is 11.7. The molecule has 4 nitrogen and oxygen atoms in total. The van der Waals surface area contributed by atoms with Crippen LogP contribution in [0.3, 0.4) is 0 Å². The number of carbonyl (C=O) groups excluding carboxylic acids is 1. The van der Waals surface area contributed by atoms with Crippen molar-refractivity contribution in [2.45, 2.75) is 31.7 Å². The van der Waals surface area contributed by atoms with Crippen LogP contribution in [-0.4, -0.2) is 11.1 Å². The molecule has 1 unspecified atom stereocenters. The lowest BCUT2D eigenvalue weighted by atomic mass is 10.0. The van der Waals surface area contributed by atoms with E-state index in [1.807, 2.05) is 17.5 Å². The third-order valence-corrected chi connectivity index (χ3v) is 5.19. The van der Waals surface area contributed by atoms with Crippen LogP contribution in [0, 0.1) is 6.92 Å². The minimum Gasteiger partial charge on any atom is -0.360 e. The topological polar surface area (TPSA) is 55.1 Å². The van der Waals surface area contributed by atoms with Crippen molar-refractivity contribution in [2.75, 3.05) is 0 Å². The lowest BCUT2D eigenvalue weighted by Crippen LogP contribution is -2.29. The second-order valence-electron chi connectivity index (χ2n) is 6.22. The highest BCUT2D eigenvalue weighted by Gasteiger charge is 2.29. The van der Waals surface area contributed by atoms with Gasteiger partial charge in [0.15, 0.2) is 5.69 Å². The molecule has 1 aliphatic rings. The molecule has 1 saturated carbocycles. The molecule has 0 aliphatic heterocycles. The van der Waals surface area contributed by atoms with E-state index in [4.69, 9.17) is 4.52 Å². The number of rotatable bonds is 5. The Balaban J connectivity index is 1.58. The van der Waals surface area contributed by atoms with Crippen molar-refractivity contribution in [3.05, 3.63) is 75.3 Å². The number of nitrogens with zero attached hydrogens (tertiary/aromatic N) is 1. The Kier molecular flexibility index (Phi) is 3.94. The minimum absolute atomic E-state index is 0.181. The third-order valence-electron chi connectivity index (χ3n) is 4.25. The molecule has 0 bridgehead atoms. The van der Waals surface area contributed by atoms with Crippen LogP contribution in [0.25, 0.3) is 0 Å². The van der Waals surface area contributed by atoms with Gasteiger partial charge in [0.05, 0.1) is 6.04 Å². The van der Waals surface area contributed by atoms with E-state index in [2.05, 4.69) is 41.7 Å². The number of amides is 1. The Morgan fingerprint density at radius 3 is 2.75 bits per heavy atom. The van der Waals surface area contributed by atoms with Crippen LogP contribution in [0.4, 0.5) is 0 Å². The maximum atomic E-state index is 12.6. The van der Waals surface area contributed by atoms with E-state index in [9.17, 15) is 4.79 Å². The molecule has 1 N–H and O–H groups in total. The van der Waals surface area contributed by atoms with Gasteiger partial charge in [-0.05, 0) is 36.8 Å². The summed E-state index contributed by atoms with van der Waals surface area (Å²) in [6, 6.07) is 13.8. The fraction of sp³-hybridized carbons (Fsp3) is 0.263. The van der Waals surface area contributed by atoms with Crippen molar-refractivity contribution < 1.29 is 9.32 Å². The molecule has 1 aliphatic carbocycles. The number of hydrogen-bond acceptors (Lipinski definition) is 4. The second-order valence-corrected chi connectivity index (χ2v) is 7.20. The van der Waals surface area contributed by atoms with Crippen LogP contribution < -0.4 is 5.32 Å². The van der Waals surface area contributed by atoms with E-state index < -0.39 is 0 Å². The number of thiophene rings is 1. The van der Waals surface area contributed by atoms with Crippen LogP contribution >= 0.6 is 11.3 Å². The molecule has 2 heterocycles. The van der Waals surface area contributed by atoms with E-state index in [-0.39, 0.29) is 11.9 Å². The van der Waals surface area contributed by atoms with E-state index in [1.54, 1.807) is 17.4 Å². The van der Waals surface area contributed by atoms with Gasteiger partial charge in [0.2, 0.25) is 0 Å². The van der Waals surface area contributed by atoms with Gasteiger partial charge in [-0.2, -0.15) is 0 Å². The molecule has 5 heteroatoms. The number of nitrogens with one attached hydrogen (secondary N) is 1. The Hall–Kier alpha value is -2.40. The molecule has 3 aromatic rings. The number of aromatic nitrogens is 1. The minimum atomic E-state index is -0.204. The zero-order valence-corrected chi connectivity index (χ0v) is 14.2. The largest absolute Gasteiger partial charge is 0.360 e.